The number of thiophene rings is 1. The molecule has 2 heterocycles. The second kappa shape index (κ2) is 4.69. The van der Waals surface area contributed by atoms with Gasteiger partial charge >= 0.3 is 0 Å². The molecular formula is C13H13N3S. The average molecular weight is 243 g/mol. The standard InChI is InChI=1S/C13H13N3S/c1-2-6-12-11(5-1)13(16-15-12)9-14-8-10-4-3-7-17-10/h1-7,14H,8-9H2,(H,15,16). The number of aromatic nitrogens is 2. The SMILES string of the molecule is c1csc(CNCc2[nH]nc3ccccc23)c1. The van der Waals surface area contributed by atoms with Crippen molar-refractivity contribution >= 4 is 22.2 Å². The summed E-state index contributed by atoms with van der Waals surface area (Å²) in [7, 11) is 0. The van der Waals surface area contributed by atoms with E-state index in [2.05, 4.69) is 39.1 Å². The van der Waals surface area contributed by atoms with Gasteiger partial charge < -0.3 is 5.32 Å². The lowest BCUT2D eigenvalue weighted by Crippen LogP contribution is -2.12. The van der Waals surface area contributed by atoms with Crippen LogP contribution in [0.4, 0.5) is 0 Å². The molecule has 3 nitrogen and oxygen atoms in total. The average Bonchev–Trinajstić information content (AvgIpc) is 2.99. The Hall–Kier alpha value is -1.65. The second-order valence-corrected chi connectivity index (χ2v) is 4.93. The Morgan fingerprint density at radius 1 is 1.12 bits per heavy atom. The summed E-state index contributed by atoms with van der Waals surface area (Å²) >= 11 is 1.78. The van der Waals surface area contributed by atoms with Gasteiger partial charge in [0.15, 0.2) is 0 Å². The van der Waals surface area contributed by atoms with E-state index in [1.807, 2.05) is 18.2 Å². The molecule has 0 aliphatic carbocycles. The summed E-state index contributed by atoms with van der Waals surface area (Å²) in [6.07, 6.45) is 0. The minimum Gasteiger partial charge on any atom is -0.306 e. The molecule has 4 heteroatoms. The third-order valence-corrected chi connectivity index (χ3v) is 3.60. The number of benzene rings is 1. The van der Waals surface area contributed by atoms with Crippen LogP contribution in [0.3, 0.4) is 0 Å². The van der Waals surface area contributed by atoms with Crippen molar-refractivity contribution in [3.8, 4) is 0 Å². The number of H-pyrrole nitrogens is 1. The molecule has 2 N–H and O–H groups in total. The van der Waals surface area contributed by atoms with E-state index >= 15 is 0 Å². The monoisotopic (exact) mass is 243 g/mol. The molecule has 0 bridgehead atoms. The summed E-state index contributed by atoms with van der Waals surface area (Å²) in [5.74, 6) is 0. The molecule has 3 rings (SSSR count). The Bertz CT molecular complexity index is 598. The number of hydrogen-bond donors (Lipinski definition) is 2. The van der Waals surface area contributed by atoms with Crippen molar-refractivity contribution in [1.82, 2.24) is 15.5 Å². The van der Waals surface area contributed by atoms with Crippen LogP contribution in [0.2, 0.25) is 0 Å². The van der Waals surface area contributed by atoms with Crippen LogP contribution in [0.15, 0.2) is 41.8 Å². The van der Waals surface area contributed by atoms with Gasteiger partial charge in [0.1, 0.15) is 0 Å². The van der Waals surface area contributed by atoms with Crippen LogP contribution in [0, 0.1) is 0 Å². The highest BCUT2D eigenvalue weighted by Crippen LogP contribution is 2.15. The van der Waals surface area contributed by atoms with Gasteiger partial charge in [0.25, 0.3) is 0 Å². The topological polar surface area (TPSA) is 40.7 Å². The second-order valence-electron chi connectivity index (χ2n) is 3.90. The quantitative estimate of drug-likeness (QED) is 0.739. The number of rotatable bonds is 4. The van der Waals surface area contributed by atoms with Crippen molar-refractivity contribution in [3.05, 3.63) is 52.3 Å². The molecule has 0 aliphatic rings. The Morgan fingerprint density at radius 3 is 2.94 bits per heavy atom. The van der Waals surface area contributed by atoms with Crippen molar-refractivity contribution in [2.45, 2.75) is 13.1 Å². The first kappa shape index (κ1) is 10.5. The van der Waals surface area contributed by atoms with Crippen LogP contribution in [0.5, 0.6) is 0 Å². The van der Waals surface area contributed by atoms with Crippen molar-refractivity contribution < 1.29 is 0 Å². The first-order valence-electron chi connectivity index (χ1n) is 5.58. The maximum Gasteiger partial charge on any atom is 0.0924 e. The Kier molecular flexibility index (Phi) is 2.90. The Balaban J connectivity index is 1.69. The van der Waals surface area contributed by atoms with Gasteiger partial charge in [-0.3, -0.25) is 5.10 Å². The van der Waals surface area contributed by atoms with Crippen molar-refractivity contribution in [1.29, 1.82) is 0 Å². The molecule has 1 aromatic carbocycles. The molecule has 0 saturated carbocycles. The lowest BCUT2D eigenvalue weighted by molar-refractivity contribution is 0.687. The minimum absolute atomic E-state index is 0.818. The number of nitrogens with one attached hydrogen (secondary N) is 2. The molecule has 86 valence electrons. The summed E-state index contributed by atoms with van der Waals surface area (Å²) in [6.45, 7) is 1.73. The number of aromatic amines is 1. The molecule has 17 heavy (non-hydrogen) atoms. The van der Waals surface area contributed by atoms with Gasteiger partial charge in [-0.05, 0) is 17.5 Å². The summed E-state index contributed by atoms with van der Waals surface area (Å²) in [5.41, 5.74) is 2.18. The van der Waals surface area contributed by atoms with E-state index in [1.165, 1.54) is 10.3 Å². The van der Waals surface area contributed by atoms with Crippen LogP contribution in [0.1, 0.15) is 10.6 Å². The molecule has 0 aliphatic heterocycles. The first-order valence-corrected chi connectivity index (χ1v) is 6.46. The molecule has 0 fully saturated rings. The summed E-state index contributed by atoms with van der Waals surface area (Å²) in [4.78, 5) is 1.36. The summed E-state index contributed by atoms with van der Waals surface area (Å²) in [6, 6.07) is 12.4. The number of hydrogen-bond acceptors (Lipinski definition) is 3. The van der Waals surface area contributed by atoms with Gasteiger partial charge in [-0.1, -0.05) is 24.3 Å². The predicted octanol–water partition coefficient (Wildman–Crippen LogP) is 2.91. The third kappa shape index (κ3) is 2.23. The predicted molar refractivity (Wildman–Crippen MR) is 71.0 cm³/mol. The van der Waals surface area contributed by atoms with Crippen LogP contribution < -0.4 is 5.32 Å². The summed E-state index contributed by atoms with van der Waals surface area (Å²) in [5, 5.41) is 14.1. The molecular weight excluding hydrogens is 230 g/mol. The van der Waals surface area contributed by atoms with Crippen LogP contribution in [-0.2, 0) is 13.1 Å². The van der Waals surface area contributed by atoms with E-state index in [0.717, 1.165) is 24.3 Å². The fraction of sp³-hybridized carbons (Fsp3) is 0.154. The van der Waals surface area contributed by atoms with E-state index in [4.69, 9.17) is 0 Å². The van der Waals surface area contributed by atoms with E-state index in [-0.39, 0.29) is 0 Å². The molecule has 0 amide bonds. The minimum atomic E-state index is 0.818. The van der Waals surface area contributed by atoms with Gasteiger partial charge in [0.05, 0.1) is 11.2 Å². The highest BCUT2D eigenvalue weighted by Gasteiger charge is 2.03. The van der Waals surface area contributed by atoms with E-state index in [1.54, 1.807) is 11.3 Å². The molecule has 0 spiro atoms. The smallest absolute Gasteiger partial charge is 0.0924 e. The molecule has 3 aromatic rings. The molecule has 0 saturated heterocycles. The van der Waals surface area contributed by atoms with Crippen LogP contribution in [0.25, 0.3) is 10.9 Å². The molecule has 0 atom stereocenters. The maximum atomic E-state index is 4.27. The lowest BCUT2D eigenvalue weighted by Gasteiger charge is -2.01. The van der Waals surface area contributed by atoms with Gasteiger partial charge in [-0.15, -0.1) is 11.3 Å². The van der Waals surface area contributed by atoms with E-state index in [9.17, 15) is 0 Å². The maximum absolute atomic E-state index is 4.27. The highest BCUT2D eigenvalue weighted by atomic mass is 32.1. The molecule has 0 radical (unpaired) electrons. The largest absolute Gasteiger partial charge is 0.306 e. The first-order chi connectivity index (χ1) is 8.43. The van der Waals surface area contributed by atoms with Gasteiger partial charge in [0.2, 0.25) is 0 Å². The zero-order valence-electron chi connectivity index (χ0n) is 9.31. The van der Waals surface area contributed by atoms with Gasteiger partial charge in [-0.2, -0.15) is 5.10 Å². The zero-order chi connectivity index (χ0) is 11.5. The van der Waals surface area contributed by atoms with Gasteiger partial charge in [-0.25, -0.2) is 0 Å². The van der Waals surface area contributed by atoms with Gasteiger partial charge in [0, 0.05) is 23.4 Å². The fourth-order valence-corrected chi connectivity index (χ4v) is 2.55. The number of nitrogens with zero attached hydrogens (tertiary/aromatic N) is 1. The van der Waals surface area contributed by atoms with Crippen LogP contribution >= 0.6 is 11.3 Å². The van der Waals surface area contributed by atoms with E-state index < -0.39 is 0 Å². The van der Waals surface area contributed by atoms with Crippen molar-refractivity contribution in [3.63, 3.8) is 0 Å². The molecule has 0 unspecified atom stereocenters. The highest BCUT2D eigenvalue weighted by molar-refractivity contribution is 7.09. The third-order valence-electron chi connectivity index (χ3n) is 2.72. The normalized spacial score (nSPS) is 11.1. The van der Waals surface area contributed by atoms with Crippen molar-refractivity contribution in [2.24, 2.45) is 0 Å². The number of para-hydroxylation sites is 1. The Morgan fingerprint density at radius 2 is 2.06 bits per heavy atom. The molecule has 2 aromatic heterocycles. The fourth-order valence-electron chi connectivity index (χ4n) is 1.87. The zero-order valence-corrected chi connectivity index (χ0v) is 10.1. The van der Waals surface area contributed by atoms with E-state index in [0.29, 0.717) is 0 Å². The number of fused-ring (bicyclic) bond motifs is 1. The van der Waals surface area contributed by atoms with Crippen molar-refractivity contribution in [2.75, 3.05) is 0 Å². The lowest BCUT2D eigenvalue weighted by atomic mass is 10.2. The van der Waals surface area contributed by atoms with Crippen LogP contribution in [-0.4, -0.2) is 10.2 Å². The Labute approximate surface area is 103 Å². The summed E-state index contributed by atoms with van der Waals surface area (Å²) < 4.78 is 0.